The van der Waals surface area contributed by atoms with Crippen molar-refractivity contribution in [1.82, 2.24) is 4.90 Å². The van der Waals surface area contributed by atoms with Crippen LogP contribution >= 0.6 is 0 Å². The lowest BCUT2D eigenvalue weighted by molar-refractivity contribution is -0.121. The van der Waals surface area contributed by atoms with Crippen molar-refractivity contribution in [1.29, 1.82) is 0 Å². The number of hydrogen-bond donors (Lipinski definition) is 1. The molecule has 1 atom stereocenters. The number of para-hydroxylation sites is 1. The molecular weight excluding hydrogens is 368 g/mol. The van der Waals surface area contributed by atoms with Gasteiger partial charge in [-0.1, -0.05) is 30.3 Å². The number of carbonyl (C=O) groups excluding carboxylic acids is 1. The van der Waals surface area contributed by atoms with E-state index in [4.69, 9.17) is 9.47 Å². The van der Waals surface area contributed by atoms with Gasteiger partial charge >= 0.3 is 0 Å². The summed E-state index contributed by atoms with van der Waals surface area (Å²) in [6, 6.07) is 14.0. The Labute approximate surface area is 171 Å². The Morgan fingerprint density at radius 2 is 1.93 bits per heavy atom. The maximum Gasteiger partial charge on any atom is 0.170 e. The third-order valence-electron chi connectivity index (χ3n) is 5.55. The van der Waals surface area contributed by atoms with Crippen LogP contribution in [0, 0.1) is 0 Å². The monoisotopic (exact) mass is 396 g/mol. The van der Waals surface area contributed by atoms with Crippen molar-refractivity contribution in [2.45, 2.75) is 32.0 Å². The number of β-amino-alcohol motifs (C(OH)–C–C–N with tert-alkyl or cyclic N) is 1. The molecule has 0 saturated carbocycles. The fourth-order valence-corrected chi connectivity index (χ4v) is 4.00. The second-order valence-electron chi connectivity index (χ2n) is 7.83. The molecule has 0 fully saturated rings. The molecule has 0 saturated heterocycles. The summed E-state index contributed by atoms with van der Waals surface area (Å²) in [6.07, 6.45) is 0.242. The Kier molecular flexibility index (Phi) is 6.02. The zero-order chi connectivity index (χ0) is 20.2. The first-order chi connectivity index (χ1) is 14.1. The highest BCUT2D eigenvalue weighted by Crippen LogP contribution is 2.39. The minimum absolute atomic E-state index is 0.00612. The Bertz CT molecular complexity index is 845. The molecule has 29 heavy (non-hydrogen) atoms. The molecule has 2 aromatic rings. The number of benzene rings is 2. The summed E-state index contributed by atoms with van der Waals surface area (Å²) in [5.41, 5.74) is 3.54. The van der Waals surface area contributed by atoms with Gasteiger partial charge in [-0.15, -0.1) is 0 Å². The lowest BCUT2D eigenvalue weighted by Gasteiger charge is -2.29. The van der Waals surface area contributed by atoms with Crippen LogP contribution in [0.2, 0.25) is 0 Å². The molecule has 2 aliphatic rings. The molecule has 0 radical (unpaired) electrons. The molecule has 0 spiro atoms. The van der Waals surface area contributed by atoms with E-state index in [0.29, 0.717) is 31.7 Å². The van der Waals surface area contributed by atoms with Crippen LogP contribution in [-0.2, 0) is 17.9 Å². The maximum absolute atomic E-state index is 12.3. The molecule has 2 aliphatic heterocycles. The minimum atomic E-state index is -0.516. The molecular formula is C23H28N2O4. The Balaban J connectivity index is 1.22. The molecule has 2 aromatic carbocycles. The van der Waals surface area contributed by atoms with E-state index in [1.165, 1.54) is 11.1 Å². The predicted octanol–water partition coefficient (Wildman–Crippen LogP) is 2.62. The van der Waals surface area contributed by atoms with Crippen LogP contribution in [-0.4, -0.2) is 55.2 Å². The molecule has 4 rings (SSSR count). The van der Waals surface area contributed by atoms with Crippen molar-refractivity contribution in [3.05, 3.63) is 53.6 Å². The maximum atomic E-state index is 12.3. The number of hydrogen-bond acceptors (Lipinski definition) is 6. The summed E-state index contributed by atoms with van der Waals surface area (Å²) in [4.78, 5) is 16.6. The first-order valence-electron chi connectivity index (χ1n) is 10.2. The van der Waals surface area contributed by atoms with Crippen molar-refractivity contribution in [2.75, 3.05) is 38.3 Å². The number of aliphatic hydroxyl groups is 1. The second-order valence-corrected chi connectivity index (χ2v) is 7.83. The molecule has 0 aliphatic carbocycles. The highest BCUT2D eigenvalue weighted by atomic mass is 16.5. The van der Waals surface area contributed by atoms with E-state index < -0.39 is 6.10 Å². The van der Waals surface area contributed by atoms with Gasteiger partial charge in [-0.25, -0.2) is 0 Å². The first-order valence-corrected chi connectivity index (χ1v) is 10.2. The number of carbonyl (C=O) groups is 1. The third kappa shape index (κ3) is 4.71. The van der Waals surface area contributed by atoms with Crippen LogP contribution in [0.25, 0.3) is 0 Å². The molecule has 1 N–H and O–H groups in total. The third-order valence-corrected chi connectivity index (χ3v) is 5.55. The van der Waals surface area contributed by atoms with Gasteiger partial charge < -0.3 is 19.5 Å². The van der Waals surface area contributed by atoms with Crippen molar-refractivity contribution in [3.8, 4) is 11.5 Å². The van der Waals surface area contributed by atoms with Gasteiger partial charge in [0, 0.05) is 33.1 Å². The number of nitrogens with zero attached hydrogens (tertiary/aromatic N) is 2. The van der Waals surface area contributed by atoms with Gasteiger partial charge in [0.05, 0.1) is 12.6 Å². The first kappa shape index (κ1) is 19.7. The molecule has 6 heteroatoms. The fourth-order valence-electron chi connectivity index (χ4n) is 4.00. The van der Waals surface area contributed by atoms with Crippen LogP contribution in [0.3, 0.4) is 0 Å². The highest BCUT2D eigenvalue weighted by molar-refractivity contribution is 5.80. The average molecular weight is 396 g/mol. The fraction of sp³-hybridized carbons (Fsp3) is 0.435. The molecule has 0 aromatic heterocycles. The molecule has 154 valence electrons. The van der Waals surface area contributed by atoms with Gasteiger partial charge in [0.2, 0.25) is 0 Å². The quantitative estimate of drug-likeness (QED) is 0.740. The Morgan fingerprint density at radius 3 is 2.69 bits per heavy atom. The van der Waals surface area contributed by atoms with E-state index in [9.17, 15) is 9.90 Å². The average Bonchev–Trinajstić information content (AvgIpc) is 3.13. The van der Waals surface area contributed by atoms with Crippen LogP contribution < -0.4 is 14.4 Å². The van der Waals surface area contributed by atoms with E-state index in [2.05, 4.69) is 21.9 Å². The predicted molar refractivity (Wildman–Crippen MR) is 112 cm³/mol. The minimum Gasteiger partial charge on any atom is -0.489 e. The van der Waals surface area contributed by atoms with Gasteiger partial charge in [0.1, 0.15) is 30.4 Å². The zero-order valence-corrected chi connectivity index (χ0v) is 16.8. The summed E-state index contributed by atoms with van der Waals surface area (Å²) in [7, 11) is 1.99. The second kappa shape index (κ2) is 8.84. The van der Waals surface area contributed by atoms with Gasteiger partial charge in [0.25, 0.3) is 0 Å². The van der Waals surface area contributed by atoms with E-state index in [1.807, 2.05) is 37.4 Å². The van der Waals surface area contributed by atoms with Gasteiger partial charge in [0.15, 0.2) is 5.78 Å². The topological polar surface area (TPSA) is 62.2 Å². The number of aliphatic hydroxyl groups excluding tert-OH is 1. The van der Waals surface area contributed by atoms with E-state index >= 15 is 0 Å². The number of likely N-dealkylation sites (N-methyl/N-ethyl adjacent to an activating group) is 1. The number of fused-ring (bicyclic) bond motifs is 2. The van der Waals surface area contributed by atoms with Crippen LogP contribution in [0.4, 0.5) is 5.69 Å². The Hall–Kier alpha value is -2.57. The number of ether oxygens (including phenoxy) is 2. The summed E-state index contributed by atoms with van der Waals surface area (Å²) in [5, 5.41) is 10.4. The normalized spacial score (nSPS) is 16.7. The smallest absolute Gasteiger partial charge is 0.170 e. The molecule has 0 unspecified atom stereocenters. The van der Waals surface area contributed by atoms with E-state index in [0.717, 1.165) is 31.1 Å². The van der Waals surface area contributed by atoms with Gasteiger partial charge in [-0.05, 0) is 29.7 Å². The lowest BCUT2D eigenvalue weighted by Crippen LogP contribution is -2.30. The van der Waals surface area contributed by atoms with E-state index in [-0.39, 0.29) is 12.4 Å². The number of Topliss-reactive ketones (excluding diaryl/α,β-unsaturated/α-hetero) is 1. The van der Waals surface area contributed by atoms with Crippen LogP contribution in [0.1, 0.15) is 24.0 Å². The summed E-state index contributed by atoms with van der Waals surface area (Å²) >= 11 is 0. The summed E-state index contributed by atoms with van der Waals surface area (Å²) in [5.74, 6) is 1.44. The number of anilines is 1. The van der Waals surface area contributed by atoms with Crippen molar-refractivity contribution in [3.63, 3.8) is 0 Å². The number of rotatable bonds is 8. The number of ketones is 1. The van der Waals surface area contributed by atoms with Crippen molar-refractivity contribution >= 4 is 11.5 Å². The van der Waals surface area contributed by atoms with Gasteiger partial charge in [-0.3, -0.25) is 9.69 Å². The van der Waals surface area contributed by atoms with E-state index in [1.54, 1.807) is 0 Å². The van der Waals surface area contributed by atoms with Gasteiger partial charge in [-0.2, -0.15) is 0 Å². The Morgan fingerprint density at radius 1 is 1.17 bits per heavy atom. The standard InChI is InChI=1S/C23H28N2O4/c1-24-11-12-28-21-7-4-8-22(23(21)24)29-16-20(27)10-9-19(26)15-25-13-17-5-2-3-6-18(17)14-25/h2-8,19,26H,9-16H2,1H3/t19-/m0/s1. The SMILES string of the molecule is CN1CCOc2cccc(OCC(=O)CC[C@H](O)CN3Cc4ccccc4C3)c21. The molecule has 0 amide bonds. The largest absolute Gasteiger partial charge is 0.489 e. The molecule has 0 bridgehead atoms. The van der Waals surface area contributed by atoms with Crippen LogP contribution in [0.5, 0.6) is 11.5 Å². The molecule has 6 nitrogen and oxygen atoms in total. The summed E-state index contributed by atoms with van der Waals surface area (Å²) in [6.45, 7) is 3.74. The van der Waals surface area contributed by atoms with Crippen molar-refractivity contribution in [2.24, 2.45) is 0 Å². The zero-order valence-electron chi connectivity index (χ0n) is 16.8. The highest BCUT2D eigenvalue weighted by Gasteiger charge is 2.22. The lowest BCUT2D eigenvalue weighted by atomic mass is 10.1. The molecule has 2 heterocycles. The van der Waals surface area contributed by atoms with Crippen LogP contribution in [0.15, 0.2) is 42.5 Å². The summed E-state index contributed by atoms with van der Waals surface area (Å²) < 4.78 is 11.4. The van der Waals surface area contributed by atoms with Crippen molar-refractivity contribution < 1.29 is 19.4 Å².